The van der Waals surface area contributed by atoms with Gasteiger partial charge in [-0.1, -0.05) is 0 Å². The van der Waals surface area contributed by atoms with Crippen molar-refractivity contribution in [3.63, 3.8) is 0 Å². The van der Waals surface area contributed by atoms with Gasteiger partial charge in [0, 0.05) is 29.5 Å². The molecule has 1 unspecified atom stereocenters. The second kappa shape index (κ2) is 7.56. The molecule has 1 atom stereocenters. The van der Waals surface area contributed by atoms with E-state index in [1.165, 1.54) is 35.1 Å². The number of nitrogens with zero attached hydrogens (tertiary/aromatic N) is 5. The molecule has 4 aromatic rings. The number of hydrogen-bond acceptors (Lipinski definition) is 5. The molecule has 0 bridgehead atoms. The Balaban J connectivity index is 1.62. The highest BCUT2D eigenvalue weighted by Gasteiger charge is 2.33. The Labute approximate surface area is 179 Å². The molecule has 2 aromatic heterocycles. The van der Waals surface area contributed by atoms with E-state index >= 15 is 0 Å². The number of aromatic nitrogens is 5. The highest BCUT2D eigenvalue weighted by Crippen LogP contribution is 2.40. The van der Waals surface area contributed by atoms with Crippen LogP contribution in [0.15, 0.2) is 48.7 Å². The van der Waals surface area contributed by atoms with E-state index in [0.29, 0.717) is 33.9 Å². The van der Waals surface area contributed by atoms with E-state index < -0.39 is 17.6 Å². The summed E-state index contributed by atoms with van der Waals surface area (Å²) in [5.41, 5.74) is 2.55. The predicted molar refractivity (Wildman–Crippen MR) is 109 cm³/mol. The van der Waals surface area contributed by atoms with Crippen LogP contribution in [0, 0.1) is 24.4 Å². The zero-order valence-corrected chi connectivity index (χ0v) is 16.7. The molecule has 0 aliphatic carbocycles. The topological polar surface area (TPSA) is 85.6 Å². The molecule has 0 spiro atoms. The minimum Gasteiger partial charge on any atom is -0.310 e. The van der Waals surface area contributed by atoms with Gasteiger partial charge in [0.1, 0.15) is 23.3 Å². The molecule has 0 fully saturated rings. The van der Waals surface area contributed by atoms with Crippen LogP contribution in [0.2, 0.25) is 0 Å². The van der Waals surface area contributed by atoms with E-state index in [4.69, 9.17) is 0 Å². The molecule has 0 radical (unpaired) electrons. The number of carbonyl (C=O) groups excluding carboxylic acids is 1. The molecule has 3 heterocycles. The van der Waals surface area contributed by atoms with E-state index in [-0.39, 0.29) is 24.1 Å². The zero-order chi connectivity index (χ0) is 22.4. The van der Waals surface area contributed by atoms with Crippen molar-refractivity contribution in [3.8, 4) is 17.2 Å². The fourth-order valence-corrected chi connectivity index (χ4v) is 3.90. The summed E-state index contributed by atoms with van der Waals surface area (Å²) < 4.78 is 42.3. The van der Waals surface area contributed by atoms with E-state index in [2.05, 4.69) is 25.6 Å². The number of aryl methyl sites for hydroxylation is 1. The third-order valence-electron chi connectivity index (χ3n) is 5.27. The fraction of sp³-hybridized carbons (Fsp3) is 0.136. The molecule has 1 aliphatic heterocycles. The molecular weight excluding hydrogens is 421 g/mol. The summed E-state index contributed by atoms with van der Waals surface area (Å²) in [5, 5.41) is 15.2. The average molecular weight is 436 g/mol. The number of anilines is 1. The normalized spacial score (nSPS) is 15.4. The number of halogens is 3. The Morgan fingerprint density at radius 3 is 2.47 bits per heavy atom. The first kappa shape index (κ1) is 19.9. The van der Waals surface area contributed by atoms with Crippen LogP contribution in [0.25, 0.3) is 17.2 Å². The molecule has 32 heavy (non-hydrogen) atoms. The Kier molecular flexibility index (Phi) is 4.69. The van der Waals surface area contributed by atoms with E-state index in [9.17, 15) is 18.0 Å². The summed E-state index contributed by atoms with van der Waals surface area (Å²) in [6, 6.07) is 8.93. The highest BCUT2D eigenvalue weighted by molar-refractivity contribution is 5.95. The molecule has 7 nitrogen and oxygen atoms in total. The number of rotatable bonds is 3. The molecule has 1 aliphatic rings. The summed E-state index contributed by atoms with van der Waals surface area (Å²) in [6.45, 7) is 1.73. The summed E-state index contributed by atoms with van der Waals surface area (Å²) in [7, 11) is 0. The van der Waals surface area contributed by atoms with Crippen molar-refractivity contribution in [2.45, 2.75) is 19.3 Å². The fourth-order valence-electron chi connectivity index (χ4n) is 3.90. The Bertz CT molecular complexity index is 1330. The number of fused-ring (bicyclic) bond motifs is 1. The van der Waals surface area contributed by atoms with Crippen molar-refractivity contribution >= 4 is 11.7 Å². The number of amides is 1. The summed E-state index contributed by atoms with van der Waals surface area (Å²) in [6.07, 6.45) is 1.44. The number of nitrogens with one attached hydrogen (secondary N) is 1. The van der Waals surface area contributed by atoms with Crippen LogP contribution in [0.3, 0.4) is 0 Å². The van der Waals surface area contributed by atoms with Crippen LogP contribution in [-0.4, -0.2) is 30.9 Å². The van der Waals surface area contributed by atoms with Crippen molar-refractivity contribution in [3.05, 3.63) is 82.9 Å². The van der Waals surface area contributed by atoms with Gasteiger partial charge in [0.05, 0.1) is 17.6 Å². The lowest BCUT2D eigenvalue weighted by Crippen LogP contribution is -2.25. The van der Waals surface area contributed by atoms with Crippen LogP contribution in [0.5, 0.6) is 0 Å². The number of carbonyl (C=O) groups is 1. The highest BCUT2D eigenvalue weighted by atomic mass is 19.1. The lowest BCUT2D eigenvalue weighted by Gasteiger charge is -2.24. The standard InChI is InChI=1S/C22H15F3N6O/c1-11-20-17(13-6-15(24)8-16(25)7-13)9-19(32)28-21(20)31(30-11)22-27-18(10-26-29-22)12-2-4-14(23)5-3-12/h2-8,10,17H,9H2,1H3,(H,28,32). The van der Waals surface area contributed by atoms with Crippen molar-refractivity contribution in [2.24, 2.45) is 0 Å². The van der Waals surface area contributed by atoms with E-state index in [1.54, 1.807) is 19.1 Å². The van der Waals surface area contributed by atoms with Gasteiger partial charge in [-0.05, 0) is 48.9 Å². The van der Waals surface area contributed by atoms with Crippen LogP contribution in [-0.2, 0) is 4.79 Å². The lowest BCUT2D eigenvalue weighted by molar-refractivity contribution is -0.116. The summed E-state index contributed by atoms with van der Waals surface area (Å²) in [5.74, 6) is -2.36. The maximum absolute atomic E-state index is 13.8. The molecule has 10 heteroatoms. The van der Waals surface area contributed by atoms with Gasteiger partial charge in [0.2, 0.25) is 5.91 Å². The lowest BCUT2D eigenvalue weighted by atomic mass is 9.85. The van der Waals surface area contributed by atoms with Crippen LogP contribution < -0.4 is 5.32 Å². The monoisotopic (exact) mass is 436 g/mol. The molecule has 1 N–H and O–H groups in total. The second-order valence-corrected chi connectivity index (χ2v) is 7.42. The van der Waals surface area contributed by atoms with Crippen molar-refractivity contribution in [2.75, 3.05) is 5.32 Å². The Morgan fingerprint density at radius 2 is 1.75 bits per heavy atom. The molecule has 1 amide bonds. The molecule has 160 valence electrons. The maximum Gasteiger partial charge on any atom is 0.272 e. The van der Waals surface area contributed by atoms with Crippen LogP contribution >= 0.6 is 0 Å². The first-order chi connectivity index (χ1) is 15.4. The molecule has 5 rings (SSSR count). The van der Waals surface area contributed by atoms with Gasteiger partial charge in [-0.2, -0.15) is 14.9 Å². The minimum absolute atomic E-state index is 0.0111. The third kappa shape index (κ3) is 3.49. The van der Waals surface area contributed by atoms with Crippen molar-refractivity contribution < 1.29 is 18.0 Å². The van der Waals surface area contributed by atoms with Gasteiger partial charge in [-0.25, -0.2) is 18.2 Å². The van der Waals surface area contributed by atoms with Gasteiger partial charge in [-0.15, -0.1) is 5.10 Å². The van der Waals surface area contributed by atoms with Gasteiger partial charge < -0.3 is 5.32 Å². The summed E-state index contributed by atoms with van der Waals surface area (Å²) in [4.78, 5) is 16.9. The minimum atomic E-state index is -0.725. The molecular formula is C22H15F3N6O. The van der Waals surface area contributed by atoms with E-state index in [0.717, 1.165) is 6.07 Å². The predicted octanol–water partition coefficient (Wildman–Crippen LogP) is 3.92. The SMILES string of the molecule is Cc1nn(-c2nncc(-c3ccc(F)cc3)n2)c2c1C(c1cc(F)cc(F)c1)CC(=O)N2. The van der Waals surface area contributed by atoms with Crippen molar-refractivity contribution in [1.82, 2.24) is 25.0 Å². The smallest absolute Gasteiger partial charge is 0.272 e. The third-order valence-corrected chi connectivity index (χ3v) is 5.27. The second-order valence-electron chi connectivity index (χ2n) is 7.42. The van der Waals surface area contributed by atoms with Gasteiger partial charge >= 0.3 is 0 Å². The molecule has 0 saturated carbocycles. The van der Waals surface area contributed by atoms with Gasteiger partial charge in [0.25, 0.3) is 5.95 Å². The Hall–Kier alpha value is -4.08. The molecule has 2 aromatic carbocycles. The maximum atomic E-state index is 13.8. The van der Waals surface area contributed by atoms with Crippen LogP contribution in [0.4, 0.5) is 19.0 Å². The van der Waals surface area contributed by atoms with Crippen molar-refractivity contribution in [1.29, 1.82) is 0 Å². The largest absolute Gasteiger partial charge is 0.310 e. The average Bonchev–Trinajstić information content (AvgIpc) is 3.09. The molecule has 0 saturated heterocycles. The van der Waals surface area contributed by atoms with Gasteiger partial charge in [-0.3, -0.25) is 4.79 Å². The quantitative estimate of drug-likeness (QED) is 0.526. The number of hydrogen-bond donors (Lipinski definition) is 1. The first-order valence-electron chi connectivity index (χ1n) is 9.70. The Morgan fingerprint density at radius 1 is 1.03 bits per heavy atom. The summed E-state index contributed by atoms with van der Waals surface area (Å²) >= 11 is 0. The zero-order valence-electron chi connectivity index (χ0n) is 16.7. The first-order valence-corrected chi connectivity index (χ1v) is 9.70. The van der Waals surface area contributed by atoms with Crippen LogP contribution in [0.1, 0.15) is 29.2 Å². The van der Waals surface area contributed by atoms with Gasteiger partial charge in [0.15, 0.2) is 0 Å². The number of benzene rings is 2. The van der Waals surface area contributed by atoms with E-state index in [1.807, 2.05) is 0 Å².